The molecule has 0 aromatic carbocycles. The topological polar surface area (TPSA) is 62.5 Å². The smallest absolute Gasteiger partial charge is 0.320 e. The number of carboxylic acid groups (broad SMARTS) is 1. The zero-order valence-corrected chi connectivity index (χ0v) is 11.9. The first-order valence-corrected chi connectivity index (χ1v) is 7.24. The summed E-state index contributed by atoms with van der Waals surface area (Å²) in [6, 6.07) is 4.65. The van der Waals surface area contributed by atoms with Crippen molar-refractivity contribution < 1.29 is 9.90 Å². The first-order valence-electron chi connectivity index (χ1n) is 7.24. The molecule has 1 fully saturated rings. The fraction of sp³-hybridized carbons (Fsp3) is 0.600. The molecule has 1 aliphatic heterocycles. The van der Waals surface area contributed by atoms with Crippen LogP contribution in [0.2, 0.25) is 0 Å². The Morgan fingerprint density at radius 3 is 2.85 bits per heavy atom. The minimum atomic E-state index is -0.747. The van der Waals surface area contributed by atoms with Gasteiger partial charge in [-0.3, -0.25) is 14.5 Å². The van der Waals surface area contributed by atoms with Crippen LogP contribution in [0.3, 0.4) is 0 Å². The van der Waals surface area contributed by atoms with Crippen molar-refractivity contribution in [3.8, 4) is 0 Å². The van der Waals surface area contributed by atoms with Gasteiger partial charge in [0.15, 0.2) is 0 Å². The summed E-state index contributed by atoms with van der Waals surface area (Å²) in [5.41, 5.74) is -0.0391. The van der Waals surface area contributed by atoms with Crippen LogP contribution in [0.15, 0.2) is 29.2 Å². The van der Waals surface area contributed by atoms with Crippen molar-refractivity contribution in [3.05, 3.63) is 34.7 Å². The van der Waals surface area contributed by atoms with Gasteiger partial charge in [-0.05, 0) is 31.4 Å². The minimum absolute atomic E-state index is 0.0391. The first kappa shape index (κ1) is 14.8. The van der Waals surface area contributed by atoms with Crippen molar-refractivity contribution in [1.29, 1.82) is 0 Å². The second kappa shape index (κ2) is 6.70. The quantitative estimate of drug-likeness (QED) is 0.885. The maximum absolute atomic E-state index is 11.6. The number of carbonyl (C=O) groups is 1. The second-order valence-electron chi connectivity index (χ2n) is 5.42. The summed E-state index contributed by atoms with van der Waals surface area (Å²) in [7, 11) is 0. The van der Waals surface area contributed by atoms with E-state index >= 15 is 0 Å². The summed E-state index contributed by atoms with van der Waals surface area (Å²) in [6.45, 7) is 4.07. The fourth-order valence-corrected chi connectivity index (χ4v) is 2.86. The summed E-state index contributed by atoms with van der Waals surface area (Å²) in [6.07, 6.45) is 4.55. The Balaban J connectivity index is 1.99. The molecule has 2 atom stereocenters. The van der Waals surface area contributed by atoms with Gasteiger partial charge in [0.05, 0.1) is 0 Å². The normalized spacial score (nSPS) is 23.6. The summed E-state index contributed by atoms with van der Waals surface area (Å²) in [4.78, 5) is 25.0. The lowest BCUT2D eigenvalue weighted by molar-refractivity contribution is -0.145. The molecule has 0 radical (unpaired) electrons. The SMILES string of the molecule is CCC1CCN(CCn2ccccc2=O)C(C(=O)O)C1. The van der Waals surface area contributed by atoms with Crippen LogP contribution in [0.5, 0.6) is 0 Å². The molecule has 1 aliphatic rings. The lowest BCUT2D eigenvalue weighted by Gasteiger charge is -2.36. The van der Waals surface area contributed by atoms with Gasteiger partial charge >= 0.3 is 5.97 Å². The van der Waals surface area contributed by atoms with Crippen LogP contribution in [0, 0.1) is 5.92 Å². The molecular weight excluding hydrogens is 256 g/mol. The average molecular weight is 278 g/mol. The Labute approximate surface area is 118 Å². The molecule has 0 bridgehead atoms. The van der Waals surface area contributed by atoms with Gasteiger partial charge in [-0.2, -0.15) is 0 Å². The molecule has 1 saturated heterocycles. The number of aliphatic carboxylic acids is 1. The monoisotopic (exact) mass is 278 g/mol. The van der Waals surface area contributed by atoms with E-state index in [1.807, 2.05) is 11.0 Å². The molecule has 5 heteroatoms. The molecule has 2 heterocycles. The van der Waals surface area contributed by atoms with Crippen LogP contribution in [-0.4, -0.2) is 39.7 Å². The molecule has 1 aromatic rings. The van der Waals surface area contributed by atoms with E-state index in [1.54, 1.807) is 16.8 Å². The Hall–Kier alpha value is -1.62. The lowest BCUT2D eigenvalue weighted by Crippen LogP contribution is -2.48. The highest BCUT2D eigenvalue weighted by molar-refractivity contribution is 5.73. The highest BCUT2D eigenvalue weighted by atomic mass is 16.4. The zero-order chi connectivity index (χ0) is 14.5. The summed E-state index contributed by atoms with van der Waals surface area (Å²) in [5.74, 6) is -0.240. The maximum atomic E-state index is 11.6. The maximum Gasteiger partial charge on any atom is 0.320 e. The van der Waals surface area contributed by atoms with E-state index in [1.165, 1.54) is 6.07 Å². The molecule has 20 heavy (non-hydrogen) atoms. The minimum Gasteiger partial charge on any atom is -0.480 e. The molecule has 1 N–H and O–H groups in total. The second-order valence-corrected chi connectivity index (χ2v) is 5.42. The van der Waals surface area contributed by atoms with Gasteiger partial charge in [-0.1, -0.05) is 19.4 Å². The van der Waals surface area contributed by atoms with Gasteiger partial charge in [-0.25, -0.2) is 0 Å². The van der Waals surface area contributed by atoms with Crippen molar-refractivity contribution >= 4 is 5.97 Å². The molecule has 2 rings (SSSR count). The average Bonchev–Trinajstić information content (AvgIpc) is 2.46. The van der Waals surface area contributed by atoms with Crippen LogP contribution in [0.25, 0.3) is 0 Å². The number of rotatable bonds is 5. The number of carboxylic acids is 1. The van der Waals surface area contributed by atoms with E-state index < -0.39 is 12.0 Å². The van der Waals surface area contributed by atoms with Gasteiger partial charge in [0, 0.05) is 25.4 Å². The third-order valence-corrected chi connectivity index (χ3v) is 4.21. The van der Waals surface area contributed by atoms with Crippen molar-refractivity contribution in [1.82, 2.24) is 9.47 Å². The highest BCUT2D eigenvalue weighted by Gasteiger charge is 2.32. The molecule has 0 aliphatic carbocycles. The number of likely N-dealkylation sites (tertiary alicyclic amines) is 1. The Kier molecular flexibility index (Phi) is 4.95. The van der Waals surface area contributed by atoms with E-state index in [0.29, 0.717) is 19.0 Å². The molecule has 2 unspecified atom stereocenters. The van der Waals surface area contributed by atoms with Crippen LogP contribution in [0.4, 0.5) is 0 Å². The Bertz CT molecular complexity index is 512. The molecule has 1 aromatic heterocycles. The third-order valence-electron chi connectivity index (χ3n) is 4.21. The molecule has 5 nitrogen and oxygen atoms in total. The number of nitrogens with zero attached hydrogens (tertiary/aromatic N) is 2. The molecular formula is C15H22N2O3. The number of hydrogen-bond acceptors (Lipinski definition) is 3. The van der Waals surface area contributed by atoms with E-state index in [0.717, 1.165) is 25.8 Å². The lowest BCUT2D eigenvalue weighted by atomic mass is 9.89. The predicted molar refractivity (Wildman–Crippen MR) is 76.7 cm³/mol. The summed E-state index contributed by atoms with van der Waals surface area (Å²) in [5, 5.41) is 9.36. The van der Waals surface area contributed by atoms with Gasteiger partial charge in [0.1, 0.15) is 6.04 Å². The van der Waals surface area contributed by atoms with E-state index in [9.17, 15) is 14.7 Å². The van der Waals surface area contributed by atoms with Crippen molar-refractivity contribution in [2.24, 2.45) is 5.92 Å². The largest absolute Gasteiger partial charge is 0.480 e. The Morgan fingerprint density at radius 1 is 1.40 bits per heavy atom. The highest BCUT2D eigenvalue weighted by Crippen LogP contribution is 2.25. The van der Waals surface area contributed by atoms with Crippen molar-refractivity contribution in [3.63, 3.8) is 0 Å². The van der Waals surface area contributed by atoms with Gasteiger partial charge in [0.2, 0.25) is 0 Å². The Morgan fingerprint density at radius 2 is 2.20 bits per heavy atom. The van der Waals surface area contributed by atoms with Crippen LogP contribution >= 0.6 is 0 Å². The molecule has 0 amide bonds. The van der Waals surface area contributed by atoms with Gasteiger partial charge < -0.3 is 9.67 Å². The standard InChI is InChI=1S/C15H22N2O3/c1-2-12-6-8-16(13(11-12)15(19)20)9-10-17-7-4-3-5-14(17)18/h3-5,7,12-13H,2,6,8-11H2,1H3,(H,19,20). The number of piperidine rings is 1. The van der Waals surface area contributed by atoms with Crippen molar-refractivity contribution in [2.45, 2.75) is 38.8 Å². The van der Waals surface area contributed by atoms with Gasteiger partial charge in [0.25, 0.3) is 5.56 Å². The molecule has 110 valence electrons. The van der Waals surface area contributed by atoms with E-state index in [-0.39, 0.29) is 5.56 Å². The molecule has 0 saturated carbocycles. The fourth-order valence-electron chi connectivity index (χ4n) is 2.86. The van der Waals surface area contributed by atoms with E-state index in [4.69, 9.17) is 0 Å². The number of hydrogen-bond donors (Lipinski definition) is 1. The van der Waals surface area contributed by atoms with Crippen LogP contribution in [0.1, 0.15) is 26.2 Å². The zero-order valence-electron chi connectivity index (χ0n) is 11.9. The van der Waals surface area contributed by atoms with Crippen LogP contribution in [-0.2, 0) is 11.3 Å². The molecule has 0 spiro atoms. The third kappa shape index (κ3) is 3.48. The van der Waals surface area contributed by atoms with Crippen LogP contribution < -0.4 is 5.56 Å². The predicted octanol–water partition coefficient (Wildman–Crippen LogP) is 1.42. The summed E-state index contributed by atoms with van der Waals surface area (Å²) >= 11 is 0. The van der Waals surface area contributed by atoms with E-state index in [2.05, 4.69) is 6.92 Å². The van der Waals surface area contributed by atoms with Crippen molar-refractivity contribution in [2.75, 3.05) is 13.1 Å². The summed E-state index contributed by atoms with van der Waals surface area (Å²) < 4.78 is 1.63. The first-order chi connectivity index (χ1) is 9.61. The number of pyridine rings is 1. The number of aromatic nitrogens is 1. The van der Waals surface area contributed by atoms with Gasteiger partial charge in [-0.15, -0.1) is 0 Å².